The van der Waals surface area contributed by atoms with Gasteiger partial charge in [-0.15, -0.1) is 0 Å². The van der Waals surface area contributed by atoms with Gasteiger partial charge in [0.15, 0.2) is 16.5 Å². The molecule has 9 heteroatoms. The molecule has 2 unspecified atom stereocenters. The number of hydrogen-bond donors (Lipinski definition) is 1. The van der Waals surface area contributed by atoms with Crippen LogP contribution in [-0.4, -0.2) is 50.3 Å². The lowest BCUT2D eigenvalue weighted by Gasteiger charge is -2.57. The summed E-state index contributed by atoms with van der Waals surface area (Å²) >= 11 is 0. The summed E-state index contributed by atoms with van der Waals surface area (Å²) in [5.74, 6) is 0.290. The summed E-state index contributed by atoms with van der Waals surface area (Å²) in [6.45, 7) is 1.31. The van der Waals surface area contributed by atoms with Crippen molar-refractivity contribution < 1.29 is 19.4 Å². The lowest BCUT2D eigenvalue weighted by molar-refractivity contribution is -0.164. The molecular formula is C18H17N3O4S2. The van der Waals surface area contributed by atoms with Gasteiger partial charge in [-0.25, -0.2) is 0 Å². The van der Waals surface area contributed by atoms with Crippen LogP contribution in [0.3, 0.4) is 0 Å². The zero-order valence-corrected chi connectivity index (χ0v) is 16.4. The standard InChI is InChI=1S/C18H17N3O4S2/c1-16-14(23)21-13-10-4-3-5-12(25-9-22)11(10)6-17(13,8-19)7-18(21,27-26-16)15(24)20(16)2/h3-5,13,22H,6-7,9H2,1-2H3/t13-,16?,17+,18?/m0/s1. The predicted octanol–water partition coefficient (Wildman–Crippen LogP) is 1.63. The zero-order valence-electron chi connectivity index (χ0n) is 14.8. The van der Waals surface area contributed by atoms with Crippen LogP contribution >= 0.6 is 21.6 Å². The van der Waals surface area contributed by atoms with Gasteiger partial charge in [0.1, 0.15) is 5.75 Å². The molecule has 0 aromatic heterocycles. The number of amides is 2. The Bertz CT molecular complexity index is 949. The maximum Gasteiger partial charge on any atom is 0.261 e. The Hall–Kier alpha value is -1.89. The van der Waals surface area contributed by atoms with Crippen LogP contribution < -0.4 is 4.74 Å². The van der Waals surface area contributed by atoms with Gasteiger partial charge in [0, 0.05) is 19.0 Å². The molecule has 1 aromatic carbocycles. The molecule has 4 atom stereocenters. The van der Waals surface area contributed by atoms with Crippen molar-refractivity contribution in [3.63, 3.8) is 0 Å². The molecule has 1 aliphatic carbocycles. The third-order valence-electron chi connectivity index (χ3n) is 6.36. The van der Waals surface area contributed by atoms with Crippen molar-refractivity contribution in [1.29, 1.82) is 5.26 Å². The molecule has 5 aliphatic rings. The van der Waals surface area contributed by atoms with Crippen LogP contribution in [0.5, 0.6) is 5.75 Å². The van der Waals surface area contributed by atoms with Crippen molar-refractivity contribution >= 4 is 33.4 Å². The number of nitrogens with zero attached hydrogens (tertiary/aromatic N) is 3. The van der Waals surface area contributed by atoms with E-state index in [-0.39, 0.29) is 18.2 Å². The van der Waals surface area contributed by atoms with Crippen LogP contribution in [-0.2, 0) is 16.0 Å². The number of carbonyl (C=O) groups is 2. The monoisotopic (exact) mass is 403 g/mol. The molecule has 4 heterocycles. The van der Waals surface area contributed by atoms with Crippen molar-refractivity contribution in [2.24, 2.45) is 5.41 Å². The van der Waals surface area contributed by atoms with Crippen molar-refractivity contribution in [2.75, 3.05) is 13.8 Å². The first-order valence-corrected chi connectivity index (χ1v) is 10.8. The number of aliphatic hydroxyl groups is 1. The molecule has 1 aromatic rings. The van der Waals surface area contributed by atoms with E-state index in [4.69, 9.17) is 4.74 Å². The Kier molecular flexibility index (Phi) is 3.27. The highest BCUT2D eigenvalue weighted by Gasteiger charge is 2.77. The Morgan fingerprint density at radius 3 is 2.85 bits per heavy atom. The second kappa shape index (κ2) is 5.13. The molecule has 4 fully saturated rings. The van der Waals surface area contributed by atoms with Crippen LogP contribution in [0.1, 0.15) is 30.5 Å². The molecule has 27 heavy (non-hydrogen) atoms. The zero-order chi connectivity index (χ0) is 19.2. The van der Waals surface area contributed by atoms with E-state index < -0.39 is 28.0 Å². The molecular weight excluding hydrogens is 386 g/mol. The summed E-state index contributed by atoms with van der Waals surface area (Å²) in [6.07, 6.45) is 0.682. The number of rotatable bonds is 2. The van der Waals surface area contributed by atoms with Gasteiger partial charge in [-0.3, -0.25) is 9.59 Å². The smallest absolute Gasteiger partial charge is 0.261 e. The molecule has 1 spiro atoms. The minimum atomic E-state index is -1.04. The summed E-state index contributed by atoms with van der Waals surface area (Å²) in [5, 5.41) is 19.4. The molecule has 1 N–H and O–H groups in total. The van der Waals surface area contributed by atoms with E-state index in [1.165, 1.54) is 26.5 Å². The molecule has 4 aliphatic heterocycles. The summed E-state index contributed by atoms with van der Waals surface area (Å²) in [6, 6.07) is 7.41. The molecule has 2 bridgehead atoms. The van der Waals surface area contributed by atoms with E-state index in [0.29, 0.717) is 12.2 Å². The fourth-order valence-electron chi connectivity index (χ4n) is 4.98. The highest BCUT2D eigenvalue weighted by molar-refractivity contribution is 8.78. The average molecular weight is 403 g/mol. The molecule has 0 saturated carbocycles. The first-order valence-electron chi connectivity index (χ1n) is 8.60. The summed E-state index contributed by atoms with van der Waals surface area (Å²) < 4.78 is 5.34. The predicted molar refractivity (Wildman–Crippen MR) is 99.2 cm³/mol. The summed E-state index contributed by atoms with van der Waals surface area (Å²) in [5.41, 5.74) is 0.794. The second-order valence-electron chi connectivity index (χ2n) is 7.59. The number of nitriles is 1. The maximum absolute atomic E-state index is 13.5. The minimum absolute atomic E-state index is 0.110. The largest absolute Gasteiger partial charge is 0.467 e. The van der Waals surface area contributed by atoms with Crippen LogP contribution in [0.4, 0.5) is 0 Å². The highest BCUT2D eigenvalue weighted by Crippen LogP contribution is 2.72. The lowest BCUT2D eigenvalue weighted by Crippen LogP contribution is -2.73. The van der Waals surface area contributed by atoms with Crippen molar-refractivity contribution in [3.8, 4) is 11.8 Å². The van der Waals surface area contributed by atoms with Crippen LogP contribution in [0.2, 0.25) is 0 Å². The van der Waals surface area contributed by atoms with E-state index in [1.54, 1.807) is 31.0 Å². The van der Waals surface area contributed by atoms with Crippen LogP contribution in [0.15, 0.2) is 18.2 Å². The topological polar surface area (TPSA) is 93.9 Å². The van der Waals surface area contributed by atoms with E-state index in [0.717, 1.165) is 11.1 Å². The number of ether oxygens (including phenoxy) is 1. The van der Waals surface area contributed by atoms with Gasteiger partial charge in [-0.05, 0) is 25.0 Å². The van der Waals surface area contributed by atoms with Gasteiger partial charge in [0.2, 0.25) is 0 Å². The average Bonchev–Trinajstić information content (AvgIpc) is 3.13. The van der Waals surface area contributed by atoms with Gasteiger partial charge in [-0.2, -0.15) is 5.26 Å². The van der Waals surface area contributed by atoms with E-state index in [9.17, 15) is 20.0 Å². The van der Waals surface area contributed by atoms with E-state index in [1.807, 2.05) is 6.07 Å². The number of carbonyl (C=O) groups excluding carboxylic acids is 2. The lowest BCUT2D eigenvalue weighted by atomic mass is 9.81. The number of likely N-dealkylation sites (N-methyl/N-ethyl adjacent to an activating group) is 1. The molecule has 7 nitrogen and oxygen atoms in total. The molecule has 140 valence electrons. The number of benzene rings is 1. The highest BCUT2D eigenvalue weighted by atomic mass is 33.1. The Labute approximate surface area is 164 Å². The third kappa shape index (κ3) is 1.75. The Morgan fingerprint density at radius 2 is 2.15 bits per heavy atom. The number of piperazine rings is 1. The Morgan fingerprint density at radius 1 is 1.37 bits per heavy atom. The quantitative estimate of drug-likeness (QED) is 0.592. The molecule has 2 amide bonds. The maximum atomic E-state index is 13.5. The SMILES string of the molecule is CN1C(=O)C23C[C@@]4(C#N)Cc5c(OCO)cccc5[C@@H]4N2C(=O)C1(C)SS3. The second-order valence-corrected chi connectivity index (χ2v) is 10.4. The fourth-order valence-corrected chi connectivity index (χ4v) is 8.52. The molecule has 6 rings (SSSR count). The van der Waals surface area contributed by atoms with Crippen molar-refractivity contribution in [1.82, 2.24) is 9.80 Å². The van der Waals surface area contributed by atoms with Gasteiger partial charge >= 0.3 is 0 Å². The minimum Gasteiger partial charge on any atom is -0.467 e. The van der Waals surface area contributed by atoms with Crippen LogP contribution in [0.25, 0.3) is 0 Å². The van der Waals surface area contributed by atoms with Gasteiger partial charge in [0.25, 0.3) is 11.8 Å². The summed E-state index contributed by atoms with van der Waals surface area (Å²) in [4.78, 5) is 27.9. The molecule has 4 saturated heterocycles. The number of aliphatic hydroxyl groups excluding tert-OH is 1. The van der Waals surface area contributed by atoms with Gasteiger partial charge in [-0.1, -0.05) is 33.7 Å². The Balaban J connectivity index is 1.73. The van der Waals surface area contributed by atoms with E-state index in [2.05, 4.69) is 6.07 Å². The summed E-state index contributed by atoms with van der Waals surface area (Å²) in [7, 11) is 4.49. The normalized spacial score (nSPS) is 38.5. The third-order valence-corrected chi connectivity index (χ3v) is 10.1. The number of fused-ring (bicyclic) bond motifs is 5. The molecule has 0 radical (unpaired) electrons. The van der Waals surface area contributed by atoms with Crippen molar-refractivity contribution in [3.05, 3.63) is 29.3 Å². The first kappa shape index (κ1) is 17.2. The van der Waals surface area contributed by atoms with Crippen molar-refractivity contribution in [2.45, 2.75) is 35.5 Å². The van der Waals surface area contributed by atoms with Crippen LogP contribution in [0, 0.1) is 16.7 Å². The van der Waals surface area contributed by atoms with Gasteiger partial charge < -0.3 is 19.6 Å². The van der Waals surface area contributed by atoms with Gasteiger partial charge in [0.05, 0.1) is 17.5 Å². The van der Waals surface area contributed by atoms with E-state index >= 15 is 0 Å². The fraction of sp³-hybridized carbons (Fsp3) is 0.500. The number of hydrogen-bond acceptors (Lipinski definition) is 7. The first-order chi connectivity index (χ1) is 12.8.